The summed E-state index contributed by atoms with van der Waals surface area (Å²) in [6.45, 7) is 5.65. The lowest BCUT2D eigenvalue weighted by Gasteiger charge is -2.35. The highest BCUT2D eigenvalue weighted by atomic mass is 32.1. The average Bonchev–Trinajstić information content (AvgIpc) is 3.49. The van der Waals surface area contributed by atoms with Crippen molar-refractivity contribution in [2.45, 2.75) is 13.3 Å². The molecule has 2 N–H and O–H groups in total. The summed E-state index contributed by atoms with van der Waals surface area (Å²) in [5, 5.41) is 2.83. The Morgan fingerprint density at radius 3 is 2.54 bits per heavy atom. The number of pyridine rings is 1. The standard InChI is InChI=1S/C25H28FN7OS/c1-3-20-24(30(2)25-29-21(16-35-25)17-4-6-18(26)7-5-17)33-14-19(8-9-23(33)28-20)32-12-10-31(11-13-32)15-22(27)34/h4-9,14,16H,3,10-13,15H2,1-2H3,(H2,27,34). The molecular formula is C25H28FN7OS. The van der Waals surface area contributed by atoms with E-state index in [1.807, 2.05) is 18.5 Å². The molecule has 1 amide bonds. The number of thiazole rings is 1. The van der Waals surface area contributed by atoms with Crippen LogP contribution < -0.4 is 15.5 Å². The number of rotatable bonds is 7. The molecular weight excluding hydrogens is 465 g/mol. The number of amides is 1. The molecule has 8 nitrogen and oxygen atoms in total. The predicted octanol–water partition coefficient (Wildman–Crippen LogP) is 3.53. The lowest BCUT2D eigenvalue weighted by molar-refractivity contribution is -0.119. The van der Waals surface area contributed by atoms with Crippen LogP contribution in [0.3, 0.4) is 0 Å². The lowest BCUT2D eigenvalue weighted by Crippen LogP contribution is -2.48. The van der Waals surface area contributed by atoms with Crippen molar-refractivity contribution in [3.63, 3.8) is 0 Å². The number of primary amides is 1. The molecule has 5 rings (SSSR count). The number of aromatic nitrogens is 3. The second-order valence-corrected chi connectivity index (χ2v) is 9.50. The van der Waals surface area contributed by atoms with Gasteiger partial charge in [-0.3, -0.25) is 14.1 Å². The first-order valence-corrected chi connectivity index (χ1v) is 12.5. The minimum Gasteiger partial charge on any atom is -0.369 e. The first-order chi connectivity index (χ1) is 16.9. The molecule has 35 heavy (non-hydrogen) atoms. The van der Waals surface area contributed by atoms with E-state index < -0.39 is 0 Å². The van der Waals surface area contributed by atoms with Crippen LogP contribution in [0.1, 0.15) is 12.6 Å². The number of benzene rings is 1. The minimum absolute atomic E-state index is 0.260. The fraction of sp³-hybridized carbons (Fsp3) is 0.320. The van der Waals surface area contributed by atoms with Crippen LogP contribution in [0, 0.1) is 5.82 Å². The molecule has 4 aromatic rings. The first-order valence-electron chi connectivity index (χ1n) is 11.6. The van der Waals surface area contributed by atoms with Crippen molar-refractivity contribution < 1.29 is 9.18 Å². The van der Waals surface area contributed by atoms with E-state index in [4.69, 9.17) is 15.7 Å². The molecule has 182 valence electrons. The summed E-state index contributed by atoms with van der Waals surface area (Å²) in [7, 11) is 2.01. The smallest absolute Gasteiger partial charge is 0.231 e. The van der Waals surface area contributed by atoms with E-state index in [0.717, 1.165) is 71.8 Å². The molecule has 10 heteroatoms. The fourth-order valence-electron chi connectivity index (χ4n) is 4.50. The Kier molecular flexibility index (Phi) is 6.40. The summed E-state index contributed by atoms with van der Waals surface area (Å²) >= 11 is 1.55. The van der Waals surface area contributed by atoms with Gasteiger partial charge in [0.1, 0.15) is 17.3 Å². The first kappa shape index (κ1) is 23.3. The number of carbonyl (C=O) groups is 1. The topological polar surface area (TPSA) is 83.0 Å². The van der Waals surface area contributed by atoms with Gasteiger partial charge in [0.15, 0.2) is 5.13 Å². The van der Waals surface area contributed by atoms with Crippen LogP contribution >= 0.6 is 11.3 Å². The van der Waals surface area contributed by atoms with Gasteiger partial charge in [-0.05, 0) is 42.8 Å². The number of halogens is 1. The number of nitrogens with zero attached hydrogens (tertiary/aromatic N) is 6. The van der Waals surface area contributed by atoms with Crippen molar-refractivity contribution in [2.75, 3.05) is 49.6 Å². The van der Waals surface area contributed by atoms with Gasteiger partial charge < -0.3 is 15.5 Å². The molecule has 0 radical (unpaired) electrons. The van der Waals surface area contributed by atoms with Crippen LogP contribution in [-0.4, -0.2) is 64.9 Å². The van der Waals surface area contributed by atoms with Crippen molar-refractivity contribution in [3.05, 3.63) is 59.5 Å². The number of hydrogen-bond donors (Lipinski definition) is 1. The second kappa shape index (κ2) is 9.63. The number of fused-ring (bicyclic) bond motifs is 1. The maximum Gasteiger partial charge on any atom is 0.231 e. The lowest BCUT2D eigenvalue weighted by atomic mass is 10.2. The number of imidazole rings is 1. The van der Waals surface area contributed by atoms with Crippen LogP contribution in [0.15, 0.2) is 48.0 Å². The summed E-state index contributed by atoms with van der Waals surface area (Å²) in [5.74, 6) is 0.435. The Morgan fingerprint density at radius 1 is 1.11 bits per heavy atom. The van der Waals surface area contributed by atoms with Gasteiger partial charge >= 0.3 is 0 Å². The zero-order valence-electron chi connectivity index (χ0n) is 19.8. The van der Waals surface area contributed by atoms with Gasteiger partial charge in [0.2, 0.25) is 5.91 Å². The monoisotopic (exact) mass is 493 g/mol. The van der Waals surface area contributed by atoms with E-state index in [1.165, 1.54) is 12.1 Å². The second-order valence-electron chi connectivity index (χ2n) is 8.66. The van der Waals surface area contributed by atoms with E-state index in [9.17, 15) is 9.18 Å². The van der Waals surface area contributed by atoms with Gasteiger partial charge in [-0.25, -0.2) is 14.4 Å². The average molecular weight is 494 g/mol. The van der Waals surface area contributed by atoms with Crippen LogP contribution in [0.5, 0.6) is 0 Å². The van der Waals surface area contributed by atoms with Crippen LogP contribution in [-0.2, 0) is 11.2 Å². The SMILES string of the molecule is CCc1nc2ccc(N3CCN(CC(N)=O)CC3)cn2c1N(C)c1nc(-c2ccc(F)cc2)cs1. The molecule has 3 aromatic heterocycles. The number of nitrogens with two attached hydrogens (primary N) is 1. The summed E-state index contributed by atoms with van der Waals surface area (Å²) in [6, 6.07) is 10.5. The number of piperazine rings is 1. The summed E-state index contributed by atoms with van der Waals surface area (Å²) in [4.78, 5) is 27.4. The summed E-state index contributed by atoms with van der Waals surface area (Å²) in [5.41, 5.74) is 10.0. The van der Waals surface area contributed by atoms with E-state index in [2.05, 4.69) is 38.3 Å². The Bertz CT molecular complexity index is 1340. The molecule has 1 aliphatic rings. The molecule has 1 aromatic carbocycles. The molecule has 0 atom stereocenters. The molecule has 0 saturated carbocycles. The molecule has 0 unspecified atom stereocenters. The van der Waals surface area contributed by atoms with E-state index in [-0.39, 0.29) is 11.7 Å². The van der Waals surface area contributed by atoms with Crippen molar-refractivity contribution in [1.82, 2.24) is 19.3 Å². The zero-order valence-corrected chi connectivity index (χ0v) is 20.6. The largest absolute Gasteiger partial charge is 0.369 e. The zero-order chi connectivity index (χ0) is 24.5. The van der Waals surface area contributed by atoms with E-state index >= 15 is 0 Å². The molecule has 0 bridgehead atoms. The summed E-state index contributed by atoms with van der Waals surface area (Å²) in [6.07, 6.45) is 2.92. The Labute approximate surface area is 207 Å². The van der Waals surface area contributed by atoms with E-state index in [1.54, 1.807) is 23.5 Å². The molecule has 0 spiro atoms. The van der Waals surface area contributed by atoms with Crippen molar-refractivity contribution in [2.24, 2.45) is 5.73 Å². The molecule has 1 saturated heterocycles. The van der Waals surface area contributed by atoms with Gasteiger partial charge in [0.25, 0.3) is 0 Å². The Hall–Kier alpha value is -3.50. The molecule has 1 aliphatic heterocycles. The van der Waals surface area contributed by atoms with Gasteiger partial charge in [-0.1, -0.05) is 6.92 Å². The highest BCUT2D eigenvalue weighted by Gasteiger charge is 2.22. The maximum atomic E-state index is 13.3. The maximum absolute atomic E-state index is 13.3. The van der Waals surface area contributed by atoms with Gasteiger partial charge in [-0.2, -0.15) is 0 Å². The van der Waals surface area contributed by atoms with Gasteiger partial charge in [-0.15, -0.1) is 11.3 Å². The van der Waals surface area contributed by atoms with Gasteiger partial charge in [0.05, 0.1) is 23.6 Å². The third-order valence-electron chi connectivity index (χ3n) is 6.34. The quantitative estimate of drug-likeness (QED) is 0.424. The van der Waals surface area contributed by atoms with Crippen molar-refractivity contribution in [3.8, 4) is 11.3 Å². The number of carbonyl (C=O) groups excluding carboxylic acids is 1. The van der Waals surface area contributed by atoms with Crippen LogP contribution in [0.25, 0.3) is 16.9 Å². The van der Waals surface area contributed by atoms with Crippen LogP contribution in [0.4, 0.5) is 21.0 Å². The summed E-state index contributed by atoms with van der Waals surface area (Å²) < 4.78 is 15.5. The normalized spacial score (nSPS) is 14.5. The Balaban J connectivity index is 1.43. The number of hydrogen-bond acceptors (Lipinski definition) is 7. The molecule has 1 fully saturated rings. The van der Waals surface area contributed by atoms with Crippen molar-refractivity contribution >= 4 is 39.5 Å². The van der Waals surface area contributed by atoms with Gasteiger partial charge in [0, 0.05) is 50.4 Å². The molecule has 4 heterocycles. The number of aryl methyl sites for hydroxylation is 1. The number of anilines is 3. The molecule has 0 aliphatic carbocycles. The third-order valence-corrected chi connectivity index (χ3v) is 7.25. The van der Waals surface area contributed by atoms with E-state index in [0.29, 0.717) is 6.54 Å². The highest BCUT2D eigenvalue weighted by Crippen LogP contribution is 2.34. The fourth-order valence-corrected chi connectivity index (χ4v) is 5.30. The Morgan fingerprint density at radius 2 is 1.86 bits per heavy atom. The third kappa shape index (κ3) is 4.71. The van der Waals surface area contributed by atoms with Crippen molar-refractivity contribution in [1.29, 1.82) is 0 Å². The predicted molar refractivity (Wildman–Crippen MR) is 138 cm³/mol. The highest BCUT2D eigenvalue weighted by molar-refractivity contribution is 7.14. The van der Waals surface area contributed by atoms with Crippen LogP contribution in [0.2, 0.25) is 0 Å². The minimum atomic E-state index is -0.289.